The highest BCUT2D eigenvalue weighted by Crippen LogP contribution is 2.35. The predicted octanol–water partition coefficient (Wildman–Crippen LogP) is 4.30. The number of hydrogen-bond donors (Lipinski definition) is 1. The first-order valence-corrected chi connectivity index (χ1v) is 11.3. The molecule has 1 amide bonds. The molecule has 35 heavy (non-hydrogen) atoms. The summed E-state index contributed by atoms with van der Waals surface area (Å²) in [6, 6.07) is 16.9. The lowest BCUT2D eigenvalue weighted by Crippen LogP contribution is -2.37. The molecule has 1 N–H and O–H groups in total. The zero-order valence-electron chi connectivity index (χ0n) is 19.4. The first-order chi connectivity index (χ1) is 17.0. The Morgan fingerprint density at radius 3 is 2.54 bits per heavy atom. The van der Waals surface area contributed by atoms with Gasteiger partial charge in [0.25, 0.3) is 11.5 Å². The van der Waals surface area contributed by atoms with Crippen LogP contribution in [0.3, 0.4) is 0 Å². The smallest absolute Gasteiger partial charge is 0.297 e. The number of benzene rings is 2. The van der Waals surface area contributed by atoms with Gasteiger partial charge >= 0.3 is 0 Å². The molecule has 1 atom stereocenters. The van der Waals surface area contributed by atoms with E-state index in [-0.39, 0.29) is 23.4 Å². The largest absolute Gasteiger partial charge is 0.489 e. The van der Waals surface area contributed by atoms with E-state index in [0.717, 1.165) is 11.1 Å². The van der Waals surface area contributed by atoms with Gasteiger partial charge in [0.1, 0.15) is 12.0 Å². The maximum atomic E-state index is 13.3. The normalized spacial score (nSPS) is 11.7. The molecule has 2 heterocycles. The van der Waals surface area contributed by atoms with Crippen molar-refractivity contribution in [1.29, 1.82) is 0 Å². The molecule has 0 radical (unpaired) electrons. The summed E-state index contributed by atoms with van der Waals surface area (Å²) in [5.74, 6) is -0.521. The van der Waals surface area contributed by atoms with Gasteiger partial charge in [-0.15, -0.1) is 0 Å². The first kappa shape index (κ1) is 24.0. The highest BCUT2D eigenvalue weighted by molar-refractivity contribution is 6.31. The van der Waals surface area contributed by atoms with Gasteiger partial charge in [-0.05, 0) is 24.1 Å². The minimum Gasteiger partial charge on any atom is -0.489 e. The predicted molar refractivity (Wildman–Crippen MR) is 133 cm³/mol. The molecule has 0 bridgehead atoms. The van der Waals surface area contributed by atoms with E-state index in [1.807, 2.05) is 66.4 Å². The summed E-state index contributed by atoms with van der Waals surface area (Å²) in [6.07, 6.45) is 2.61. The molecule has 9 nitrogen and oxygen atoms in total. The van der Waals surface area contributed by atoms with Crippen LogP contribution >= 0.6 is 11.6 Å². The van der Waals surface area contributed by atoms with Crippen LogP contribution in [-0.2, 0) is 7.05 Å². The van der Waals surface area contributed by atoms with E-state index < -0.39 is 11.5 Å². The van der Waals surface area contributed by atoms with Gasteiger partial charge in [-0.2, -0.15) is 0 Å². The molecule has 0 aliphatic rings. The standard InChI is InChI=1S/C25H24ClN5O4/c1-4-31(21(16-10-6-5-7-11-16)18-12-8-9-13-19(18)26)25-29-20(22(34-3)24(33)30(25)2)23(32)28-17-14-27-35-15-17/h5-15,21H,4H2,1-3H3,(H,28,32). The molecular formula is C25H24ClN5O4. The Hall–Kier alpha value is -4.11. The summed E-state index contributed by atoms with van der Waals surface area (Å²) in [6.45, 7) is 2.41. The quantitative estimate of drug-likeness (QED) is 0.390. The molecule has 0 spiro atoms. The van der Waals surface area contributed by atoms with Crippen LogP contribution in [0.4, 0.5) is 11.6 Å². The van der Waals surface area contributed by atoms with Crippen LogP contribution in [0.15, 0.2) is 76.4 Å². The SMILES string of the molecule is CCN(c1nc(C(=O)Nc2cnoc2)c(OC)c(=O)n1C)C(c1ccccc1)c1ccccc1Cl. The maximum Gasteiger partial charge on any atom is 0.297 e. The van der Waals surface area contributed by atoms with Crippen molar-refractivity contribution < 1.29 is 14.1 Å². The average Bonchev–Trinajstić information content (AvgIpc) is 3.38. The fraction of sp³-hybridized carbons (Fsp3) is 0.200. The lowest BCUT2D eigenvalue weighted by Gasteiger charge is -2.34. The van der Waals surface area contributed by atoms with E-state index in [1.165, 1.54) is 24.1 Å². The van der Waals surface area contributed by atoms with Crippen LogP contribution in [0.2, 0.25) is 5.02 Å². The summed E-state index contributed by atoms with van der Waals surface area (Å²) in [4.78, 5) is 32.9. The fourth-order valence-electron chi connectivity index (χ4n) is 3.92. The Morgan fingerprint density at radius 1 is 1.20 bits per heavy atom. The number of methoxy groups -OCH3 is 1. The van der Waals surface area contributed by atoms with E-state index in [4.69, 9.17) is 20.9 Å². The van der Waals surface area contributed by atoms with Gasteiger partial charge in [0.05, 0.1) is 19.3 Å². The second-order valence-electron chi connectivity index (χ2n) is 7.65. The summed E-state index contributed by atoms with van der Waals surface area (Å²) in [5, 5.41) is 6.77. The molecule has 0 saturated carbocycles. The number of anilines is 2. The van der Waals surface area contributed by atoms with Crippen LogP contribution < -0.4 is 20.5 Å². The van der Waals surface area contributed by atoms with Crippen molar-refractivity contribution in [2.75, 3.05) is 23.9 Å². The van der Waals surface area contributed by atoms with Crippen molar-refractivity contribution in [2.24, 2.45) is 7.05 Å². The molecule has 4 rings (SSSR count). The molecule has 0 aliphatic carbocycles. The van der Waals surface area contributed by atoms with Gasteiger partial charge in [-0.3, -0.25) is 14.2 Å². The summed E-state index contributed by atoms with van der Waals surface area (Å²) < 4.78 is 11.4. The van der Waals surface area contributed by atoms with Gasteiger partial charge in [-0.1, -0.05) is 65.3 Å². The van der Waals surface area contributed by atoms with Crippen molar-refractivity contribution in [3.63, 3.8) is 0 Å². The van der Waals surface area contributed by atoms with E-state index in [0.29, 0.717) is 17.3 Å². The van der Waals surface area contributed by atoms with Crippen LogP contribution in [-0.4, -0.2) is 34.3 Å². The molecule has 10 heteroatoms. The van der Waals surface area contributed by atoms with Gasteiger partial charge in [0.2, 0.25) is 11.7 Å². The average molecular weight is 494 g/mol. The number of halogens is 1. The van der Waals surface area contributed by atoms with Gasteiger partial charge in [-0.25, -0.2) is 4.98 Å². The topological polar surface area (TPSA) is 102 Å². The van der Waals surface area contributed by atoms with E-state index in [2.05, 4.69) is 15.5 Å². The Bertz CT molecular complexity index is 1370. The number of ether oxygens (including phenoxy) is 1. The second kappa shape index (κ2) is 10.4. The third-order valence-electron chi connectivity index (χ3n) is 5.56. The minimum absolute atomic E-state index is 0.156. The Labute approximate surface area is 206 Å². The number of nitrogens with one attached hydrogen (secondary N) is 1. The molecule has 4 aromatic rings. The number of carbonyl (C=O) groups excluding carboxylic acids is 1. The maximum absolute atomic E-state index is 13.3. The zero-order valence-corrected chi connectivity index (χ0v) is 20.2. The molecule has 2 aromatic carbocycles. The minimum atomic E-state index is -0.631. The Morgan fingerprint density at radius 2 is 1.91 bits per heavy atom. The highest BCUT2D eigenvalue weighted by atomic mass is 35.5. The van der Waals surface area contributed by atoms with Gasteiger partial charge < -0.3 is 19.5 Å². The van der Waals surface area contributed by atoms with Crippen LogP contribution in [0.25, 0.3) is 0 Å². The van der Waals surface area contributed by atoms with Crippen LogP contribution in [0.5, 0.6) is 5.75 Å². The van der Waals surface area contributed by atoms with Crippen molar-refractivity contribution in [3.8, 4) is 5.75 Å². The van der Waals surface area contributed by atoms with Crippen molar-refractivity contribution in [3.05, 3.63) is 99.3 Å². The molecule has 0 saturated heterocycles. The molecule has 1 unspecified atom stereocenters. The summed E-state index contributed by atoms with van der Waals surface area (Å²) >= 11 is 6.62. The Kier molecular flexibility index (Phi) is 7.17. The molecule has 0 fully saturated rings. The lowest BCUT2D eigenvalue weighted by atomic mass is 9.97. The molecule has 2 aromatic heterocycles. The van der Waals surface area contributed by atoms with E-state index >= 15 is 0 Å². The number of rotatable bonds is 8. The summed E-state index contributed by atoms with van der Waals surface area (Å²) in [5.41, 5.74) is 1.45. The first-order valence-electron chi connectivity index (χ1n) is 10.9. The lowest BCUT2D eigenvalue weighted by molar-refractivity contribution is 0.101. The molecule has 0 aliphatic heterocycles. The van der Waals surface area contributed by atoms with Crippen molar-refractivity contribution in [2.45, 2.75) is 13.0 Å². The van der Waals surface area contributed by atoms with Gasteiger partial charge in [0, 0.05) is 18.6 Å². The Balaban J connectivity index is 1.90. The second-order valence-corrected chi connectivity index (χ2v) is 8.05. The molecule has 180 valence electrons. The van der Waals surface area contributed by atoms with Crippen molar-refractivity contribution in [1.82, 2.24) is 14.7 Å². The van der Waals surface area contributed by atoms with E-state index in [9.17, 15) is 9.59 Å². The highest BCUT2D eigenvalue weighted by Gasteiger charge is 2.30. The van der Waals surface area contributed by atoms with E-state index in [1.54, 1.807) is 7.05 Å². The van der Waals surface area contributed by atoms with Gasteiger partial charge in [0.15, 0.2) is 5.69 Å². The third-order valence-corrected chi connectivity index (χ3v) is 5.90. The number of amides is 1. The number of aromatic nitrogens is 3. The summed E-state index contributed by atoms with van der Waals surface area (Å²) in [7, 11) is 2.91. The van der Waals surface area contributed by atoms with Crippen LogP contribution in [0, 0.1) is 0 Å². The fourth-order valence-corrected chi connectivity index (χ4v) is 4.16. The van der Waals surface area contributed by atoms with Crippen molar-refractivity contribution >= 4 is 29.1 Å². The number of hydrogen-bond acceptors (Lipinski definition) is 7. The monoisotopic (exact) mass is 493 g/mol. The third kappa shape index (κ3) is 4.76. The molecular weight excluding hydrogens is 470 g/mol. The number of nitrogens with zero attached hydrogens (tertiary/aromatic N) is 4. The van der Waals surface area contributed by atoms with Crippen LogP contribution in [0.1, 0.15) is 34.6 Å². The zero-order chi connectivity index (χ0) is 24.9. The number of carbonyl (C=O) groups is 1.